The number of carboxylic acid groups (broad SMARTS) is 1. The summed E-state index contributed by atoms with van der Waals surface area (Å²) in [5, 5.41) is 18.2. The van der Waals surface area contributed by atoms with E-state index in [1.165, 1.54) is 36.4 Å². The molecule has 0 unspecified atom stereocenters. The molecule has 0 aliphatic heterocycles. The van der Waals surface area contributed by atoms with Gasteiger partial charge in [-0.05, 0) is 30.3 Å². The van der Waals surface area contributed by atoms with Crippen LogP contribution in [0.3, 0.4) is 0 Å². The van der Waals surface area contributed by atoms with Gasteiger partial charge in [0.05, 0.1) is 21.2 Å². The SMILES string of the molecule is O=C(O)c1cc(S(=O)(=O)Nc2cccc(O)c2)ccc1Cl. The number of aromatic hydroxyl groups is 1. The van der Waals surface area contributed by atoms with Crippen molar-refractivity contribution in [3.63, 3.8) is 0 Å². The molecule has 0 amide bonds. The van der Waals surface area contributed by atoms with E-state index < -0.39 is 16.0 Å². The molecule has 2 aromatic carbocycles. The van der Waals surface area contributed by atoms with E-state index in [4.69, 9.17) is 16.7 Å². The summed E-state index contributed by atoms with van der Waals surface area (Å²) < 4.78 is 26.6. The van der Waals surface area contributed by atoms with Gasteiger partial charge in [-0.2, -0.15) is 0 Å². The van der Waals surface area contributed by atoms with Crippen molar-refractivity contribution in [2.75, 3.05) is 4.72 Å². The number of anilines is 1. The number of halogens is 1. The molecule has 8 heteroatoms. The highest BCUT2D eigenvalue weighted by molar-refractivity contribution is 7.92. The Kier molecular flexibility index (Phi) is 4.06. The Hall–Kier alpha value is -2.25. The molecule has 0 radical (unpaired) electrons. The van der Waals surface area contributed by atoms with Gasteiger partial charge in [-0.15, -0.1) is 0 Å². The maximum atomic E-state index is 12.2. The van der Waals surface area contributed by atoms with Crippen LogP contribution in [0.2, 0.25) is 5.02 Å². The van der Waals surface area contributed by atoms with E-state index >= 15 is 0 Å². The van der Waals surface area contributed by atoms with Gasteiger partial charge in [-0.1, -0.05) is 17.7 Å². The van der Waals surface area contributed by atoms with Crippen molar-refractivity contribution in [3.8, 4) is 5.75 Å². The number of hydrogen-bond donors (Lipinski definition) is 3. The van der Waals surface area contributed by atoms with Crippen LogP contribution in [0.4, 0.5) is 5.69 Å². The zero-order chi connectivity index (χ0) is 15.6. The molecule has 0 spiro atoms. The van der Waals surface area contributed by atoms with Gasteiger partial charge in [-0.25, -0.2) is 13.2 Å². The molecule has 0 heterocycles. The Labute approximate surface area is 125 Å². The van der Waals surface area contributed by atoms with Crippen molar-refractivity contribution in [2.45, 2.75) is 4.90 Å². The molecule has 6 nitrogen and oxygen atoms in total. The number of carboxylic acids is 1. The molecule has 21 heavy (non-hydrogen) atoms. The zero-order valence-electron chi connectivity index (χ0n) is 10.4. The first-order valence-corrected chi connectivity index (χ1v) is 7.50. The Bertz CT molecular complexity index is 804. The summed E-state index contributed by atoms with van der Waals surface area (Å²) in [5.74, 6) is -1.42. The van der Waals surface area contributed by atoms with Crippen molar-refractivity contribution in [1.82, 2.24) is 0 Å². The van der Waals surface area contributed by atoms with Crippen LogP contribution >= 0.6 is 11.6 Å². The summed E-state index contributed by atoms with van der Waals surface area (Å²) in [6, 6.07) is 8.90. The van der Waals surface area contributed by atoms with Gasteiger partial charge in [0.15, 0.2) is 0 Å². The molecule has 0 fully saturated rings. The predicted octanol–water partition coefficient (Wildman–Crippen LogP) is 2.54. The van der Waals surface area contributed by atoms with Crippen LogP contribution < -0.4 is 4.72 Å². The molecule has 0 aromatic heterocycles. The van der Waals surface area contributed by atoms with E-state index in [2.05, 4.69) is 4.72 Å². The van der Waals surface area contributed by atoms with Crippen molar-refractivity contribution < 1.29 is 23.4 Å². The van der Waals surface area contributed by atoms with Crippen LogP contribution in [0.1, 0.15) is 10.4 Å². The molecule has 3 N–H and O–H groups in total. The second kappa shape index (κ2) is 5.63. The summed E-state index contributed by atoms with van der Waals surface area (Å²) in [5.41, 5.74) is -0.155. The maximum Gasteiger partial charge on any atom is 0.337 e. The second-order valence-corrected chi connectivity index (χ2v) is 6.19. The molecular weight excluding hydrogens is 318 g/mol. The smallest absolute Gasteiger partial charge is 0.337 e. The highest BCUT2D eigenvalue weighted by atomic mass is 35.5. The van der Waals surface area contributed by atoms with Crippen LogP contribution in [0, 0.1) is 0 Å². The van der Waals surface area contributed by atoms with E-state index in [1.54, 1.807) is 0 Å². The lowest BCUT2D eigenvalue weighted by atomic mass is 10.2. The lowest BCUT2D eigenvalue weighted by Gasteiger charge is -2.09. The molecule has 110 valence electrons. The number of phenols is 1. The molecule has 0 saturated heterocycles. The Morgan fingerprint density at radius 3 is 2.48 bits per heavy atom. The van der Waals surface area contributed by atoms with Crippen molar-refractivity contribution in [1.29, 1.82) is 0 Å². The Morgan fingerprint density at radius 2 is 1.86 bits per heavy atom. The normalized spacial score (nSPS) is 11.1. The van der Waals surface area contributed by atoms with Crippen molar-refractivity contribution in [2.24, 2.45) is 0 Å². The zero-order valence-corrected chi connectivity index (χ0v) is 12.0. The van der Waals surface area contributed by atoms with Gasteiger partial charge in [0.2, 0.25) is 0 Å². The minimum Gasteiger partial charge on any atom is -0.508 e. The second-order valence-electron chi connectivity index (χ2n) is 4.10. The lowest BCUT2D eigenvalue weighted by Crippen LogP contribution is -2.13. The number of sulfonamides is 1. The Morgan fingerprint density at radius 1 is 1.14 bits per heavy atom. The first-order valence-electron chi connectivity index (χ1n) is 5.64. The molecule has 0 aliphatic carbocycles. The number of nitrogens with one attached hydrogen (secondary N) is 1. The van der Waals surface area contributed by atoms with Gasteiger partial charge in [-0.3, -0.25) is 4.72 Å². The van der Waals surface area contributed by atoms with E-state index in [1.807, 2.05) is 0 Å². The van der Waals surface area contributed by atoms with Crippen LogP contribution in [0.25, 0.3) is 0 Å². The van der Waals surface area contributed by atoms with E-state index in [-0.39, 0.29) is 26.9 Å². The van der Waals surface area contributed by atoms with E-state index in [9.17, 15) is 18.3 Å². The molecule has 0 saturated carbocycles. The minimum absolute atomic E-state index is 0.0567. The van der Waals surface area contributed by atoms with Gasteiger partial charge in [0, 0.05) is 6.07 Å². The van der Waals surface area contributed by atoms with Crippen LogP contribution in [-0.4, -0.2) is 24.6 Å². The van der Waals surface area contributed by atoms with Gasteiger partial charge < -0.3 is 10.2 Å². The Balaban J connectivity index is 2.40. The van der Waals surface area contributed by atoms with Crippen molar-refractivity contribution in [3.05, 3.63) is 53.1 Å². The quantitative estimate of drug-likeness (QED) is 0.800. The predicted molar refractivity (Wildman–Crippen MR) is 77.3 cm³/mol. The first-order chi connectivity index (χ1) is 9.79. The summed E-state index contributed by atoms with van der Waals surface area (Å²) in [6.07, 6.45) is 0. The highest BCUT2D eigenvalue weighted by Crippen LogP contribution is 2.23. The molecule has 0 aliphatic rings. The third-order valence-corrected chi connectivity index (χ3v) is 4.29. The monoisotopic (exact) mass is 327 g/mol. The number of aromatic carboxylic acids is 1. The van der Waals surface area contributed by atoms with Gasteiger partial charge in [0.25, 0.3) is 10.0 Å². The molecule has 0 bridgehead atoms. The number of phenolic OH excluding ortho intramolecular Hbond substituents is 1. The van der Waals surface area contributed by atoms with Crippen LogP contribution in [0.15, 0.2) is 47.4 Å². The fourth-order valence-electron chi connectivity index (χ4n) is 1.62. The fourth-order valence-corrected chi connectivity index (χ4v) is 2.89. The minimum atomic E-state index is -3.99. The lowest BCUT2D eigenvalue weighted by molar-refractivity contribution is 0.0697. The van der Waals surface area contributed by atoms with Gasteiger partial charge in [0.1, 0.15) is 5.75 Å². The molecule has 2 aromatic rings. The summed E-state index contributed by atoms with van der Waals surface area (Å²) in [4.78, 5) is 10.7. The molecule has 0 atom stereocenters. The highest BCUT2D eigenvalue weighted by Gasteiger charge is 2.18. The third-order valence-electron chi connectivity index (χ3n) is 2.58. The summed E-state index contributed by atoms with van der Waals surface area (Å²) in [6.45, 7) is 0. The maximum absolute atomic E-state index is 12.2. The molecular formula is C13H10ClNO5S. The fraction of sp³-hybridized carbons (Fsp3) is 0. The standard InChI is InChI=1S/C13H10ClNO5S/c14-12-5-4-10(7-11(12)13(17)18)21(19,20)15-8-2-1-3-9(16)6-8/h1-7,15-16H,(H,17,18). The van der Waals surface area contributed by atoms with Crippen LogP contribution in [0.5, 0.6) is 5.75 Å². The van der Waals surface area contributed by atoms with Crippen molar-refractivity contribution >= 4 is 33.3 Å². The number of benzene rings is 2. The molecule has 2 rings (SSSR count). The average molecular weight is 328 g/mol. The van der Waals surface area contributed by atoms with E-state index in [0.29, 0.717) is 0 Å². The van der Waals surface area contributed by atoms with E-state index in [0.717, 1.165) is 6.07 Å². The summed E-state index contributed by atoms with van der Waals surface area (Å²) in [7, 11) is -3.99. The number of rotatable bonds is 4. The number of hydrogen-bond acceptors (Lipinski definition) is 4. The average Bonchev–Trinajstić information content (AvgIpc) is 2.38. The first kappa shape index (κ1) is 15.1. The third kappa shape index (κ3) is 3.45. The number of carbonyl (C=O) groups is 1. The summed E-state index contributed by atoms with van der Waals surface area (Å²) >= 11 is 5.69. The topological polar surface area (TPSA) is 104 Å². The van der Waals surface area contributed by atoms with Gasteiger partial charge >= 0.3 is 5.97 Å². The van der Waals surface area contributed by atoms with Crippen LogP contribution in [-0.2, 0) is 10.0 Å². The largest absolute Gasteiger partial charge is 0.508 e.